The molecule has 0 aliphatic heterocycles. The van der Waals surface area contributed by atoms with Crippen molar-refractivity contribution >= 4 is 46.1 Å². The smallest absolute Gasteiger partial charge is 0.247 e. The molecule has 0 aromatic carbocycles. The minimum absolute atomic E-state index is 0.0160. The molecule has 22 heavy (non-hydrogen) atoms. The number of nitrogens with zero attached hydrogens (tertiary/aromatic N) is 4. The monoisotopic (exact) mass is 338 g/mol. The summed E-state index contributed by atoms with van der Waals surface area (Å²) in [7, 11) is 0. The van der Waals surface area contributed by atoms with Gasteiger partial charge in [0.1, 0.15) is 10.9 Å². The van der Waals surface area contributed by atoms with Gasteiger partial charge in [0.05, 0.1) is 12.6 Å². The highest BCUT2D eigenvalue weighted by Gasteiger charge is 2.10. The van der Waals surface area contributed by atoms with E-state index in [0.29, 0.717) is 10.1 Å². The maximum absolute atomic E-state index is 11.7. The number of anilines is 1. The topological polar surface area (TPSA) is 109 Å². The Hall–Kier alpha value is -2.39. The van der Waals surface area contributed by atoms with Crippen molar-refractivity contribution in [1.29, 1.82) is 0 Å². The van der Waals surface area contributed by atoms with E-state index in [2.05, 4.69) is 31.0 Å². The van der Waals surface area contributed by atoms with Crippen LogP contribution in [0, 0.1) is 0 Å². The van der Waals surface area contributed by atoms with Gasteiger partial charge in [-0.3, -0.25) is 19.9 Å². The first-order valence-corrected chi connectivity index (χ1v) is 7.42. The highest BCUT2D eigenvalue weighted by Crippen LogP contribution is 2.15. The first-order valence-electron chi connectivity index (χ1n) is 6.07. The van der Waals surface area contributed by atoms with E-state index in [0.717, 1.165) is 16.9 Å². The average molecular weight is 339 g/mol. The van der Waals surface area contributed by atoms with E-state index in [1.165, 1.54) is 6.21 Å². The number of pyridine rings is 1. The number of carbonyl (C=O) groups excluding carboxylic acids is 2. The van der Waals surface area contributed by atoms with Crippen LogP contribution in [0.25, 0.3) is 0 Å². The maximum atomic E-state index is 11.7. The lowest BCUT2D eigenvalue weighted by Gasteiger charge is -1.96. The number of aromatic nitrogens is 3. The van der Waals surface area contributed by atoms with Crippen LogP contribution in [0.5, 0.6) is 0 Å². The molecule has 10 heteroatoms. The summed E-state index contributed by atoms with van der Waals surface area (Å²) in [4.78, 5) is 26.6. The molecule has 2 rings (SSSR count). The molecule has 0 saturated heterocycles. The van der Waals surface area contributed by atoms with Gasteiger partial charge < -0.3 is 0 Å². The van der Waals surface area contributed by atoms with Gasteiger partial charge in [0.15, 0.2) is 0 Å². The highest BCUT2D eigenvalue weighted by molar-refractivity contribution is 7.15. The van der Waals surface area contributed by atoms with Gasteiger partial charge in [-0.2, -0.15) is 5.10 Å². The first-order chi connectivity index (χ1) is 10.7. The third-order valence-electron chi connectivity index (χ3n) is 2.26. The molecule has 0 bridgehead atoms. The molecule has 0 fully saturated rings. The number of hydrogen-bond donors (Lipinski definition) is 2. The van der Waals surface area contributed by atoms with Crippen LogP contribution in [-0.4, -0.2) is 39.1 Å². The fraction of sp³-hybridized carbons (Fsp3) is 0.167. The number of alkyl halides is 1. The van der Waals surface area contributed by atoms with Crippen molar-refractivity contribution in [3.63, 3.8) is 0 Å². The summed E-state index contributed by atoms with van der Waals surface area (Å²) in [6.07, 6.45) is 4.77. The highest BCUT2D eigenvalue weighted by atomic mass is 35.5. The maximum Gasteiger partial charge on any atom is 0.247 e. The van der Waals surface area contributed by atoms with Crippen molar-refractivity contribution < 1.29 is 9.59 Å². The molecule has 2 aromatic rings. The quantitative estimate of drug-likeness (QED) is 0.460. The van der Waals surface area contributed by atoms with Crippen LogP contribution in [0.15, 0.2) is 29.6 Å². The number of rotatable bonds is 6. The predicted octanol–water partition coefficient (Wildman–Crippen LogP) is 0.803. The van der Waals surface area contributed by atoms with Gasteiger partial charge in [0.2, 0.25) is 16.9 Å². The molecule has 0 aliphatic rings. The molecule has 2 heterocycles. The Bertz CT molecular complexity index is 675. The molecule has 0 radical (unpaired) electrons. The van der Waals surface area contributed by atoms with Crippen molar-refractivity contribution in [1.82, 2.24) is 20.6 Å². The summed E-state index contributed by atoms with van der Waals surface area (Å²) in [6, 6.07) is 3.51. The molecule has 0 saturated carbocycles. The lowest BCUT2D eigenvalue weighted by atomic mass is 10.3. The second-order valence-electron chi connectivity index (χ2n) is 3.93. The molecule has 114 valence electrons. The van der Waals surface area contributed by atoms with Gasteiger partial charge in [0.25, 0.3) is 0 Å². The lowest BCUT2D eigenvalue weighted by Crippen LogP contribution is -2.19. The number of hydrazone groups is 1. The van der Waals surface area contributed by atoms with Crippen LogP contribution in [0.3, 0.4) is 0 Å². The van der Waals surface area contributed by atoms with Gasteiger partial charge in [-0.25, -0.2) is 5.43 Å². The largest absolute Gasteiger partial charge is 0.299 e. The van der Waals surface area contributed by atoms with Crippen molar-refractivity contribution in [3.05, 3.63) is 35.1 Å². The Morgan fingerprint density at radius 2 is 2.05 bits per heavy atom. The second kappa shape index (κ2) is 8.15. The molecule has 0 aliphatic carbocycles. The number of amides is 2. The van der Waals surface area contributed by atoms with Crippen molar-refractivity contribution in [2.75, 3.05) is 11.2 Å². The molecule has 2 amide bonds. The molecular weight excluding hydrogens is 328 g/mol. The zero-order valence-electron chi connectivity index (χ0n) is 11.2. The van der Waals surface area contributed by atoms with Crippen LogP contribution >= 0.6 is 22.9 Å². The van der Waals surface area contributed by atoms with E-state index in [-0.39, 0.29) is 24.1 Å². The first kappa shape index (κ1) is 16.0. The molecule has 8 nitrogen and oxygen atoms in total. The van der Waals surface area contributed by atoms with E-state index in [9.17, 15) is 9.59 Å². The number of carbonyl (C=O) groups is 2. The van der Waals surface area contributed by atoms with Crippen molar-refractivity contribution in [2.24, 2.45) is 5.10 Å². The van der Waals surface area contributed by atoms with Gasteiger partial charge in [-0.05, 0) is 17.7 Å². The molecule has 2 N–H and O–H groups in total. The minimum atomic E-state index is -0.379. The SMILES string of the molecule is O=C(Cc1nnc(NC(=O)CCl)s1)N/N=C\c1ccncc1. The Labute approximate surface area is 134 Å². The summed E-state index contributed by atoms with van der Waals surface area (Å²) < 4.78 is 0. The molecule has 2 aromatic heterocycles. The van der Waals surface area contributed by atoms with Crippen LogP contribution in [0.1, 0.15) is 10.6 Å². The van der Waals surface area contributed by atoms with E-state index >= 15 is 0 Å². The van der Waals surface area contributed by atoms with Gasteiger partial charge in [-0.15, -0.1) is 21.8 Å². The van der Waals surface area contributed by atoms with Crippen molar-refractivity contribution in [2.45, 2.75) is 6.42 Å². The summed E-state index contributed by atoms with van der Waals surface area (Å²) in [6.45, 7) is 0. The van der Waals surface area contributed by atoms with Crippen molar-refractivity contribution in [3.8, 4) is 0 Å². The summed E-state index contributed by atoms with van der Waals surface area (Å²) in [5, 5.41) is 14.6. The van der Waals surface area contributed by atoms with Crippen LogP contribution < -0.4 is 10.7 Å². The third-order valence-corrected chi connectivity index (χ3v) is 3.34. The predicted molar refractivity (Wildman–Crippen MR) is 82.9 cm³/mol. The zero-order chi connectivity index (χ0) is 15.8. The van der Waals surface area contributed by atoms with Crippen LogP contribution in [0.2, 0.25) is 0 Å². The number of nitrogens with one attached hydrogen (secondary N) is 2. The Morgan fingerprint density at radius 3 is 2.77 bits per heavy atom. The second-order valence-corrected chi connectivity index (χ2v) is 5.26. The standard InChI is InChI=1S/C12H11ClN6O2S/c13-6-10(21)16-12-19-18-11(22-12)5-9(20)17-15-7-8-1-3-14-4-2-8/h1-4,7H,5-6H2,(H,17,20)(H,16,19,21)/b15-7-. The number of hydrogen-bond acceptors (Lipinski definition) is 7. The van der Waals surface area contributed by atoms with E-state index in [4.69, 9.17) is 11.6 Å². The number of halogens is 1. The molecular formula is C12H11ClN6O2S. The minimum Gasteiger partial charge on any atom is -0.299 e. The zero-order valence-corrected chi connectivity index (χ0v) is 12.8. The van der Waals surface area contributed by atoms with Crippen LogP contribution in [0.4, 0.5) is 5.13 Å². The van der Waals surface area contributed by atoms with Crippen LogP contribution in [-0.2, 0) is 16.0 Å². The lowest BCUT2D eigenvalue weighted by molar-refractivity contribution is -0.120. The molecule has 0 atom stereocenters. The van der Waals surface area contributed by atoms with Gasteiger partial charge >= 0.3 is 0 Å². The summed E-state index contributed by atoms with van der Waals surface area (Å²) in [5.74, 6) is -0.883. The van der Waals surface area contributed by atoms with Gasteiger partial charge in [0, 0.05) is 12.4 Å². The Balaban J connectivity index is 1.82. The average Bonchev–Trinajstić information content (AvgIpc) is 2.95. The molecule has 0 unspecified atom stereocenters. The fourth-order valence-electron chi connectivity index (χ4n) is 1.33. The van der Waals surface area contributed by atoms with E-state index < -0.39 is 0 Å². The summed E-state index contributed by atoms with van der Waals surface area (Å²) in [5.41, 5.74) is 3.20. The van der Waals surface area contributed by atoms with E-state index in [1.807, 2.05) is 0 Å². The van der Waals surface area contributed by atoms with E-state index in [1.54, 1.807) is 24.5 Å². The Kier molecular flexibility index (Phi) is 5.92. The van der Waals surface area contributed by atoms with Gasteiger partial charge in [-0.1, -0.05) is 11.3 Å². The fourth-order valence-corrected chi connectivity index (χ4v) is 2.15. The molecule has 0 spiro atoms. The Morgan fingerprint density at radius 1 is 1.27 bits per heavy atom. The third kappa shape index (κ3) is 5.19. The summed E-state index contributed by atoms with van der Waals surface area (Å²) >= 11 is 6.46. The normalized spacial score (nSPS) is 10.6.